The molecule has 0 radical (unpaired) electrons. The van der Waals surface area contributed by atoms with Crippen molar-refractivity contribution in [1.29, 1.82) is 0 Å². The summed E-state index contributed by atoms with van der Waals surface area (Å²) >= 11 is 1.60. The van der Waals surface area contributed by atoms with Crippen LogP contribution in [-0.2, 0) is 6.42 Å². The van der Waals surface area contributed by atoms with E-state index in [0.29, 0.717) is 41.5 Å². The summed E-state index contributed by atoms with van der Waals surface area (Å²) in [5.41, 5.74) is 15.8. The van der Waals surface area contributed by atoms with E-state index in [1.807, 2.05) is 54.6 Å². The normalized spacial score (nSPS) is 12.6. The smallest absolute Gasteiger partial charge is 0.255 e. The van der Waals surface area contributed by atoms with E-state index in [-0.39, 0.29) is 17.6 Å². The summed E-state index contributed by atoms with van der Waals surface area (Å²) < 4.78 is 15.6. The molecule has 0 aliphatic heterocycles. The van der Waals surface area contributed by atoms with Crippen molar-refractivity contribution in [3.05, 3.63) is 126 Å². The lowest BCUT2D eigenvalue weighted by atomic mass is 9.99. The predicted molar refractivity (Wildman–Crippen MR) is 180 cm³/mol. The van der Waals surface area contributed by atoms with Gasteiger partial charge in [-0.25, -0.2) is 8.70 Å². The van der Waals surface area contributed by atoms with E-state index in [0.717, 1.165) is 28.6 Å². The second-order valence-electron chi connectivity index (χ2n) is 11.2. The lowest BCUT2D eigenvalue weighted by molar-refractivity contribution is 0.102. The second-order valence-corrected chi connectivity index (χ2v) is 12.3. The Bertz CT molecular complexity index is 1530. The summed E-state index contributed by atoms with van der Waals surface area (Å²) in [7, 11) is 0. The molecule has 44 heavy (non-hydrogen) atoms. The van der Waals surface area contributed by atoms with Crippen LogP contribution in [0.2, 0.25) is 0 Å². The molecule has 0 saturated heterocycles. The fraction of sp³-hybridized carbons (Fsp3) is 0.229. The molecule has 4 aromatic carbocycles. The predicted octanol–water partition coefficient (Wildman–Crippen LogP) is 6.44. The fourth-order valence-electron chi connectivity index (χ4n) is 4.69. The van der Waals surface area contributed by atoms with Crippen LogP contribution in [0.25, 0.3) is 5.70 Å². The van der Waals surface area contributed by atoms with E-state index >= 15 is 0 Å². The number of carbonyl (C=O) groups excluding carboxylic acids is 1. The summed E-state index contributed by atoms with van der Waals surface area (Å²) in [6.45, 7) is 9.78. The third-order valence-electron chi connectivity index (χ3n) is 6.95. The quantitative estimate of drug-likeness (QED) is 0.0821. The number of nitrogens with two attached hydrogens (primary N) is 2. The van der Waals surface area contributed by atoms with Gasteiger partial charge in [0.25, 0.3) is 5.91 Å². The number of nitrogen functional groups attached to an aromatic ring is 2. The SMILES string of the molecule is C=C(NC(Cc1ccccc1)C(O)CN(CC(C)C)Sc1ccc(N)cc1)c1ccc(C(=O)Nc2ccc(F)cc2N)cc1. The summed E-state index contributed by atoms with van der Waals surface area (Å²) in [5.74, 6) is -0.441. The molecule has 0 bridgehead atoms. The van der Waals surface area contributed by atoms with Crippen molar-refractivity contribution in [3.8, 4) is 0 Å². The molecule has 4 rings (SSSR count). The monoisotopic (exact) mass is 613 g/mol. The summed E-state index contributed by atoms with van der Waals surface area (Å²) in [6.07, 6.45) is -0.138. The van der Waals surface area contributed by atoms with Gasteiger partial charge in [0.2, 0.25) is 0 Å². The first-order chi connectivity index (χ1) is 21.1. The highest BCUT2D eigenvalue weighted by Crippen LogP contribution is 2.26. The van der Waals surface area contributed by atoms with Gasteiger partial charge in [0.05, 0.1) is 23.5 Å². The molecule has 7 nitrogen and oxygen atoms in total. The first-order valence-corrected chi connectivity index (χ1v) is 15.3. The minimum absolute atomic E-state index is 0.148. The number of carbonyl (C=O) groups is 1. The van der Waals surface area contributed by atoms with Gasteiger partial charge in [-0.05, 0) is 90.0 Å². The van der Waals surface area contributed by atoms with Crippen LogP contribution in [0.1, 0.15) is 35.3 Å². The van der Waals surface area contributed by atoms with Gasteiger partial charge in [0, 0.05) is 34.9 Å². The highest BCUT2D eigenvalue weighted by atomic mass is 32.2. The van der Waals surface area contributed by atoms with Crippen molar-refractivity contribution in [2.24, 2.45) is 5.92 Å². The van der Waals surface area contributed by atoms with Crippen molar-refractivity contribution in [1.82, 2.24) is 9.62 Å². The molecule has 0 aliphatic carbocycles. The Morgan fingerprint density at radius 3 is 2.23 bits per heavy atom. The van der Waals surface area contributed by atoms with E-state index in [2.05, 4.69) is 35.4 Å². The number of aliphatic hydroxyl groups is 1. The van der Waals surface area contributed by atoms with E-state index in [4.69, 9.17) is 11.5 Å². The van der Waals surface area contributed by atoms with Crippen LogP contribution >= 0.6 is 11.9 Å². The number of nitrogens with one attached hydrogen (secondary N) is 2. The first-order valence-electron chi connectivity index (χ1n) is 14.5. The third kappa shape index (κ3) is 9.60. The van der Waals surface area contributed by atoms with Crippen molar-refractivity contribution < 1.29 is 14.3 Å². The van der Waals surface area contributed by atoms with E-state index in [1.54, 1.807) is 36.2 Å². The number of hydrogen-bond donors (Lipinski definition) is 5. The Balaban J connectivity index is 1.47. The zero-order chi connectivity index (χ0) is 31.6. The average molecular weight is 614 g/mol. The molecule has 1 amide bonds. The number of halogens is 1. The Morgan fingerprint density at radius 2 is 1.59 bits per heavy atom. The molecule has 0 heterocycles. The largest absolute Gasteiger partial charge is 0.399 e. The molecule has 0 aromatic heterocycles. The molecule has 0 spiro atoms. The van der Waals surface area contributed by atoms with Gasteiger partial charge in [-0.1, -0.05) is 62.9 Å². The lowest BCUT2D eigenvalue weighted by Crippen LogP contribution is -2.46. The van der Waals surface area contributed by atoms with Crippen LogP contribution in [0.5, 0.6) is 0 Å². The maximum absolute atomic E-state index is 13.4. The zero-order valence-corrected chi connectivity index (χ0v) is 25.9. The van der Waals surface area contributed by atoms with Crippen molar-refractivity contribution in [2.75, 3.05) is 29.9 Å². The number of amides is 1. The molecule has 230 valence electrons. The average Bonchev–Trinajstić information content (AvgIpc) is 2.99. The number of anilines is 3. The molecule has 2 unspecified atom stereocenters. The molecule has 7 N–H and O–H groups in total. The van der Waals surface area contributed by atoms with Gasteiger partial charge in [-0.2, -0.15) is 0 Å². The zero-order valence-electron chi connectivity index (χ0n) is 25.0. The van der Waals surface area contributed by atoms with Crippen LogP contribution in [0, 0.1) is 11.7 Å². The minimum atomic E-state index is -0.724. The van der Waals surface area contributed by atoms with Crippen LogP contribution in [0.4, 0.5) is 21.5 Å². The highest BCUT2D eigenvalue weighted by molar-refractivity contribution is 7.97. The van der Waals surface area contributed by atoms with Gasteiger partial charge in [0.1, 0.15) is 5.82 Å². The minimum Gasteiger partial charge on any atom is -0.399 e. The van der Waals surface area contributed by atoms with Gasteiger partial charge in [-0.15, -0.1) is 0 Å². The fourth-order valence-corrected chi connectivity index (χ4v) is 5.85. The number of nitrogens with zero attached hydrogens (tertiary/aromatic N) is 1. The van der Waals surface area contributed by atoms with Gasteiger partial charge in [-0.3, -0.25) is 4.79 Å². The van der Waals surface area contributed by atoms with Crippen LogP contribution in [0.15, 0.2) is 109 Å². The maximum Gasteiger partial charge on any atom is 0.255 e. The maximum atomic E-state index is 13.4. The molecule has 0 saturated carbocycles. The van der Waals surface area contributed by atoms with E-state index in [9.17, 15) is 14.3 Å². The molecule has 0 fully saturated rings. The Labute approximate surface area is 263 Å². The van der Waals surface area contributed by atoms with E-state index < -0.39 is 11.9 Å². The van der Waals surface area contributed by atoms with Crippen molar-refractivity contribution in [3.63, 3.8) is 0 Å². The molecular weight excluding hydrogens is 573 g/mol. The van der Waals surface area contributed by atoms with Gasteiger partial charge < -0.3 is 27.2 Å². The molecular formula is C35H40FN5O2S. The molecule has 0 aliphatic rings. The Kier molecular flexibility index (Phi) is 11.4. The standard InChI is InChI=1S/C35H40FN5O2S/c1-23(2)21-41(44-30-16-14-29(37)15-17-30)22-34(42)33(19-25-7-5-4-6-8-25)39-24(3)26-9-11-27(12-10-26)35(43)40-32-18-13-28(36)20-31(32)38/h4-18,20,23,33-34,39,42H,3,19,21-22,37-38H2,1-2H3,(H,40,43). The lowest BCUT2D eigenvalue weighted by Gasteiger charge is -2.31. The number of aliphatic hydroxyl groups excluding tert-OH is 1. The second kappa shape index (κ2) is 15.4. The number of rotatable bonds is 14. The topological polar surface area (TPSA) is 117 Å². The Hall–Kier alpha value is -4.31. The highest BCUT2D eigenvalue weighted by Gasteiger charge is 2.24. The summed E-state index contributed by atoms with van der Waals surface area (Å²) in [4.78, 5) is 13.8. The molecule has 2 atom stereocenters. The summed E-state index contributed by atoms with van der Waals surface area (Å²) in [5, 5.41) is 17.8. The number of benzene rings is 4. The number of hydrogen-bond acceptors (Lipinski definition) is 7. The van der Waals surface area contributed by atoms with E-state index in [1.165, 1.54) is 12.1 Å². The van der Waals surface area contributed by atoms with Crippen molar-refractivity contribution >= 4 is 40.6 Å². The van der Waals surface area contributed by atoms with Crippen LogP contribution < -0.4 is 22.1 Å². The van der Waals surface area contributed by atoms with Crippen molar-refractivity contribution in [2.45, 2.75) is 37.3 Å². The third-order valence-corrected chi connectivity index (χ3v) is 7.99. The van der Waals surface area contributed by atoms with Crippen LogP contribution in [-0.4, -0.2) is 40.6 Å². The van der Waals surface area contributed by atoms with Gasteiger partial charge in [0.15, 0.2) is 0 Å². The Morgan fingerprint density at radius 1 is 0.932 bits per heavy atom. The summed E-state index contributed by atoms with van der Waals surface area (Å²) in [6, 6.07) is 28.2. The first kappa shape index (κ1) is 32.6. The van der Waals surface area contributed by atoms with Gasteiger partial charge >= 0.3 is 0 Å². The van der Waals surface area contributed by atoms with Crippen LogP contribution in [0.3, 0.4) is 0 Å². The molecule has 4 aromatic rings. The molecule has 9 heteroatoms.